The van der Waals surface area contributed by atoms with Crippen molar-refractivity contribution in [1.29, 1.82) is 0 Å². The molecule has 1 unspecified atom stereocenters. The molecule has 11 nitrogen and oxygen atoms in total. The lowest BCUT2D eigenvalue weighted by molar-refractivity contribution is -0.136. The van der Waals surface area contributed by atoms with Crippen LogP contribution in [0, 0.1) is 0 Å². The van der Waals surface area contributed by atoms with Gasteiger partial charge in [-0.25, -0.2) is 0 Å². The number of rotatable bonds is 7. The Bertz CT molecular complexity index is 969. The first-order chi connectivity index (χ1) is 15.5. The maximum Gasteiger partial charge on any atom is 0.266 e. The van der Waals surface area contributed by atoms with Crippen LogP contribution < -0.4 is 20.7 Å². The number of carbonyl (C=O) groups is 5. The minimum atomic E-state index is -1.05. The van der Waals surface area contributed by atoms with Gasteiger partial charge in [0.2, 0.25) is 11.8 Å². The van der Waals surface area contributed by atoms with Crippen LogP contribution in [0.25, 0.3) is 0 Å². The molecular weight excluding hydrogens is 489 g/mol. The molecule has 1 aromatic rings. The highest BCUT2D eigenvalue weighted by Gasteiger charge is 2.46. The van der Waals surface area contributed by atoms with E-state index in [0.717, 1.165) is 37.6 Å². The molecule has 0 spiro atoms. The Kier molecular flexibility index (Phi) is 9.80. The van der Waals surface area contributed by atoms with Gasteiger partial charge in [0.1, 0.15) is 11.8 Å². The molecule has 1 atom stereocenters. The van der Waals surface area contributed by atoms with Gasteiger partial charge in [-0.2, -0.15) is 0 Å². The first-order valence-electron chi connectivity index (χ1n) is 10.6. The van der Waals surface area contributed by atoms with Crippen molar-refractivity contribution in [2.45, 2.75) is 18.9 Å². The normalized spacial score (nSPS) is 20.1. The molecule has 1 aromatic carbocycles. The van der Waals surface area contributed by atoms with Crippen molar-refractivity contribution < 1.29 is 28.7 Å². The van der Waals surface area contributed by atoms with E-state index in [1.165, 1.54) is 12.1 Å². The number of imide groups is 2. The molecule has 3 N–H and O–H groups in total. The van der Waals surface area contributed by atoms with Crippen LogP contribution in [0.3, 0.4) is 0 Å². The van der Waals surface area contributed by atoms with Gasteiger partial charge in [0.15, 0.2) is 6.61 Å². The molecule has 5 amide bonds. The Morgan fingerprint density at radius 2 is 1.82 bits per heavy atom. The summed E-state index contributed by atoms with van der Waals surface area (Å²) in [5, 5.41) is 8.21. The van der Waals surface area contributed by atoms with Crippen molar-refractivity contribution in [3.63, 3.8) is 0 Å². The van der Waals surface area contributed by atoms with Crippen molar-refractivity contribution in [3.05, 3.63) is 29.3 Å². The number of nitrogens with zero attached hydrogens (tertiary/aromatic N) is 2. The summed E-state index contributed by atoms with van der Waals surface area (Å²) in [6, 6.07) is 3.48. The molecule has 0 aliphatic carbocycles. The summed E-state index contributed by atoms with van der Waals surface area (Å²) in [6.45, 7) is 4.64. The second kappa shape index (κ2) is 12.1. The van der Waals surface area contributed by atoms with E-state index in [4.69, 9.17) is 4.74 Å². The molecule has 0 bridgehead atoms. The van der Waals surface area contributed by atoms with Crippen molar-refractivity contribution in [1.82, 2.24) is 25.8 Å². The van der Waals surface area contributed by atoms with Crippen molar-refractivity contribution in [3.8, 4) is 5.75 Å². The largest absolute Gasteiger partial charge is 0.483 e. The van der Waals surface area contributed by atoms with Crippen LogP contribution in [0.2, 0.25) is 0 Å². The highest BCUT2D eigenvalue weighted by Crippen LogP contribution is 2.33. The fourth-order valence-corrected chi connectivity index (χ4v) is 4.09. The van der Waals surface area contributed by atoms with Gasteiger partial charge >= 0.3 is 0 Å². The smallest absolute Gasteiger partial charge is 0.266 e. The monoisotopic (exact) mass is 515 g/mol. The summed E-state index contributed by atoms with van der Waals surface area (Å²) in [5.41, 5.74) is 0.132. The molecule has 3 aliphatic rings. The quantitative estimate of drug-likeness (QED) is 0.406. The van der Waals surface area contributed by atoms with Gasteiger partial charge in [0.25, 0.3) is 17.7 Å². The average Bonchev–Trinajstić information content (AvgIpc) is 3.04. The van der Waals surface area contributed by atoms with Gasteiger partial charge in [-0.1, -0.05) is 6.07 Å². The Balaban J connectivity index is 0.00000204. The van der Waals surface area contributed by atoms with Crippen molar-refractivity contribution >= 4 is 54.3 Å². The Morgan fingerprint density at radius 3 is 2.53 bits per heavy atom. The van der Waals surface area contributed by atoms with Crippen LogP contribution in [0.4, 0.5) is 0 Å². The summed E-state index contributed by atoms with van der Waals surface area (Å²) >= 11 is 0. The maximum atomic E-state index is 13.0. The zero-order chi connectivity index (χ0) is 22.7. The summed E-state index contributed by atoms with van der Waals surface area (Å²) in [7, 11) is 0. The molecule has 0 radical (unpaired) electrons. The number of ether oxygens (including phenoxy) is 1. The summed E-state index contributed by atoms with van der Waals surface area (Å²) in [5.74, 6) is -2.64. The van der Waals surface area contributed by atoms with Crippen LogP contribution in [-0.2, 0) is 14.4 Å². The molecule has 34 heavy (non-hydrogen) atoms. The van der Waals surface area contributed by atoms with Gasteiger partial charge in [0.05, 0.1) is 11.1 Å². The van der Waals surface area contributed by atoms with Crippen molar-refractivity contribution in [2.75, 3.05) is 45.9 Å². The van der Waals surface area contributed by atoms with E-state index in [-0.39, 0.29) is 67.0 Å². The number of piperidine rings is 1. The van der Waals surface area contributed by atoms with Crippen molar-refractivity contribution in [2.24, 2.45) is 0 Å². The predicted octanol–water partition coefficient (Wildman–Crippen LogP) is -0.668. The Hall–Kier alpha value is -2.73. The lowest BCUT2D eigenvalue weighted by Crippen LogP contribution is -2.54. The van der Waals surface area contributed by atoms with Crippen LogP contribution in [-0.4, -0.2) is 91.3 Å². The number of nitrogens with one attached hydrogen (secondary N) is 3. The van der Waals surface area contributed by atoms with E-state index in [0.29, 0.717) is 6.54 Å². The predicted molar refractivity (Wildman–Crippen MR) is 125 cm³/mol. The van der Waals surface area contributed by atoms with Gasteiger partial charge < -0.3 is 15.4 Å². The third-order valence-electron chi connectivity index (χ3n) is 5.75. The highest BCUT2D eigenvalue weighted by molar-refractivity contribution is 6.24. The number of carbonyl (C=O) groups excluding carboxylic acids is 5. The van der Waals surface area contributed by atoms with Gasteiger partial charge in [-0.3, -0.25) is 39.1 Å². The number of hydrogen-bond donors (Lipinski definition) is 3. The molecular formula is C21H27Cl2N5O6. The van der Waals surface area contributed by atoms with E-state index >= 15 is 0 Å². The summed E-state index contributed by atoms with van der Waals surface area (Å²) < 4.78 is 5.56. The second-order valence-electron chi connectivity index (χ2n) is 7.86. The minimum absolute atomic E-state index is 0. The summed E-state index contributed by atoms with van der Waals surface area (Å²) in [6.07, 6.45) is 0.114. The zero-order valence-corrected chi connectivity index (χ0v) is 20.0. The minimum Gasteiger partial charge on any atom is -0.483 e. The number of fused-ring (bicyclic) bond motifs is 1. The lowest BCUT2D eigenvalue weighted by Gasteiger charge is -2.27. The van der Waals surface area contributed by atoms with Gasteiger partial charge in [-0.05, 0) is 18.6 Å². The third kappa shape index (κ3) is 5.84. The SMILES string of the molecule is Cl.Cl.O=C(COc1cccc2c1C(=O)N(C1CCC(=O)NC1=O)C2=O)NCCN1CCNCC1. The molecule has 2 fully saturated rings. The number of halogens is 2. The fraction of sp³-hybridized carbons (Fsp3) is 0.476. The Labute approximate surface area is 208 Å². The molecule has 0 aromatic heterocycles. The molecule has 4 rings (SSSR count). The van der Waals surface area contributed by atoms with E-state index in [2.05, 4.69) is 20.9 Å². The number of amides is 5. The van der Waals surface area contributed by atoms with E-state index < -0.39 is 29.7 Å². The summed E-state index contributed by atoms with van der Waals surface area (Å²) in [4.78, 5) is 64.7. The van der Waals surface area contributed by atoms with Crippen LogP contribution >= 0.6 is 24.8 Å². The van der Waals surface area contributed by atoms with Crippen LogP contribution in [0.15, 0.2) is 18.2 Å². The molecule has 0 saturated carbocycles. The van der Waals surface area contributed by atoms with Gasteiger partial charge in [-0.15, -0.1) is 24.8 Å². The third-order valence-corrected chi connectivity index (χ3v) is 5.75. The average molecular weight is 516 g/mol. The van der Waals surface area contributed by atoms with Crippen LogP contribution in [0.1, 0.15) is 33.6 Å². The zero-order valence-electron chi connectivity index (χ0n) is 18.3. The molecule has 2 saturated heterocycles. The molecule has 13 heteroatoms. The number of hydrogen-bond acceptors (Lipinski definition) is 8. The van der Waals surface area contributed by atoms with E-state index in [9.17, 15) is 24.0 Å². The Morgan fingerprint density at radius 1 is 1.09 bits per heavy atom. The topological polar surface area (TPSA) is 137 Å². The fourth-order valence-electron chi connectivity index (χ4n) is 4.09. The molecule has 3 aliphatic heterocycles. The first kappa shape index (κ1) is 27.5. The standard InChI is InChI=1S/C21H25N5O6.2ClH/c27-16-5-4-14(19(29)24-16)26-20(30)13-2-1-3-15(18(13)21(26)31)32-12-17(28)23-8-11-25-9-6-22-7-10-25;;/h1-3,14,22H,4-12H2,(H,23,28)(H,24,27,29);2*1H. The second-order valence-corrected chi connectivity index (χ2v) is 7.86. The highest BCUT2D eigenvalue weighted by atomic mass is 35.5. The van der Waals surface area contributed by atoms with E-state index in [1.54, 1.807) is 6.07 Å². The van der Waals surface area contributed by atoms with Gasteiger partial charge in [0, 0.05) is 45.7 Å². The number of benzene rings is 1. The van der Waals surface area contributed by atoms with Crippen LogP contribution in [0.5, 0.6) is 5.75 Å². The number of piperazine rings is 1. The first-order valence-corrected chi connectivity index (χ1v) is 10.6. The molecule has 186 valence electrons. The van der Waals surface area contributed by atoms with E-state index in [1.807, 2.05) is 0 Å². The maximum absolute atomic E-state index is 13.0. The molecule has 3 heterocycles. The lowest BCUT2D eigenvalue weighted by atomic mass is 10.0.